The molecule has 2 aliphatic heterocycles. The van der Waals surface area contributed by atoms with Gasteiger partial charge in [-0.25, -0.2) is 9.18 Å². The van der Waals surface area contributed by atoms with E-state index < -0.39 is 29.1 Å². The zero-order valence-electron chi connectivity index (χ0n) is 23.5. The van der Waals surface area contributed by atoms with Gasteiger partial charge in [-0.2, -0.15) is 13.2 Å². The molecule has 2 fully saturated rings. The highest BCUT2D eigenvalue weighted by molar-refractivity contribution is 5.99. The van der Waals surface area contributed by atoms with Crippen molar-refractivity contribution in [2.24, 2.45) is 11.8 Å². The van der Waals surface area contributed by atoms with Crippen LogP contribution in [0.2, 0.25) is 0 Å². The third kappa shape index (κ3) is 7.86. The summed E-state index contributed by atoms with van der Waals surface area (Å²) in [5, 5.41) is 21.8. The van der Waals surface area contributed by atoms with Crippen LogP contribution in [0, 0.1) is 23.1 Å². The maximum atomic E-state index is 14.4. The van der Waals surface area contributed by atoms with Crippen molar-refractivity contribution in [3.05, 3.63) is 29.6 Å². The minimum Gasteiger partial charge on any atom is -0.484 e. The summed E-state index contributed by atoms with van der Waals surface area (Å²) in [7, 11) is 1.60. The number of aliphatic carboxylic acids is 1. The Morgan fingerprint density at radius 2 is 1.93 bits per heavy atom. The highest BCUT2D eigenvalue weighted by atomic mass is 19.4. The van der Waals surface area contributed by atoms with Crippen LogP contribution in [0.5, 0.6) is 5.75 Å². The molecule has 0 radical (unpaired) electrons. The summed E-state index contributed by atoms with van der Waals surface area (Å²) in [6, 6.07) is 4.10. The number of alkyl halides is 3. The molecule has 2 heterocycles. The number of para-hydroxylation sites is 1. The van der Waals surface area contributed by atoms with Crippen LogP contribution < -0.4 is 15.4 Å². The van der Waals surface area contributed by atoms with Gasteiger partial charge in [0.15, 0.2) is 17.5 Å². The number of fused-ring (bicyclic) bond motifs is 1. The number of nitrogens with one attached hydrogen (secondary N) is 3. The average molecular weight is 589 g/mol. The Bertz CT molecular complexity index is 1170. The lowest BCUT2D eigenvalue weighted by molar-refractivity contribution is -0.192. The summed E-state index contributed by atoms with van der Waals surface area (Å²) in [6.45, 7) is 7.97. The topological polar surface area (TPSA) is 141 Å². The van der Waals surface area contributed by atoms with Gasteiger partial charge in [0.2, 0.25) is 11.8 Å². The van der Waals surface area contributed by atoms with Crippen molar-refractivity contribution in [3.63, 3.8) is 0 Å². The molecule has 2 amide bonds. The van der Waals surface area contributed by atoms with Gasteiger partial charge in [0.05, 0.1) is 6.04 Å². The molecule has 0 bridgehead atoms. The normalized spacial score (nSPS) is 25.0. The molecule has 228 valence electrons. The molecule has 1 aromatic rings. The summed E-state index contributed by atoms with van der Waals surface area (Å²) in [5.74, 6) is -3.51. The number of guanidine groups is 1. The van der Waals surface area contributed by atoms with Crippen molar-refractivity contribution in [1.82, 2.24) is 15.5 Å². The van der Waals surface area contributed by atoms with Gasteiger partial charge in [0.25, 0.3) is 0 Å². The molecule has 41 heavy (non-hydrogen) atoms. The molecular weight excluding hydrogens is 552 g/mol. The first-order valence-corrected chi connectivity index (χ1v) is 13.1. The van der Waals surface area contributed by atoms with Crippen LogP contribution in [-0.2, 0) is 19.1 Å². The second-order valence-electron chi connectivity index (χ2n) is 11.7. The second kappa shape index (κ2) is 11.8. The number of carbonyl (C=O) groups is 3. The number of halogens is 4. The lowest BCUT2D eigenvalue weighted by atomic mass is 9.89. The van der Waals surface area contributed by atoms with Crippen LogP contribution in [0.4, 0.5) is 17.6 Å². The van der Waals surface area contributed by atoms with Crippen LogP contribution in [0.25, 0.3) is 0 Å². The zero-order chi connectivity index (χ0) is 30.9. The van der Waals surface area contributed by atoms with Gasteiger partial charge in [-0.1, -0.05) is 12.1 Å². The van der Waals surface area contributed by atoms with Gasteiger partial charge in [-0.3, -0.25) is 19.9 Å². The Balaban J connectivity index is 0.000000587. The summed E-state index contributed by atoms with van der Waals surface area (Å²) >= 11 is 0. The molecular formula is C27H36F4N4O6. The van der Waals surface area contributed by atoms with Crippen LogP contribution in [-0.4, -0.2) is 70.8 Å². The van der Waals surface area contributed by atoms with E-state index in [1.165, 1.54) is 11.0 Å². The van der Waals surface area contributed by atoms with Crippen molar-refractivity contribution in [3.8, 4) is 5.75 Å². The quantitative estimate of drug-likeness (QED) is 0.356. The van der Waals surface area contributed by atoms with E-state index in [9.17, 15) is 27.2 Å². The van der Waals surface area contributed by atoms with Gasteiger partial charge >= 0.3 is 12.1 Å². The molecule has 1 saturated heterocycles. The Morgan fingerprint density at radius 1 is 1.29 bits per heavy atom. The van der Waals surface area contributed by atoms with Crippen LogP contribution in [0.1, 0.15) is 65.0 Å². The van der Waals surface area contributed by atoms with Gasteiger partial charge in [0.1, 0.15) is 5.60 Å². The number of ether oxygens (including phenoxy) is 2. The first-order chi connectivity index (χ1) is 18.9. The second-order valence-corrected chi connectivity index (χ2v) is 11.7. The standard InChI is InChI=1S/C25H35FN4O4.C2HF3O2/c1-24(2)13-20(31)30(23(27)29-24)19(9-10-33-5)15-11-16(15)22(32)28-18-12-25(3,4)34-21-14(18)7-6-8-17(21)26;3-2(4,5)1(6)7/h6-8,15-16,18-19H,9-13H2,1-5H3,(H2,27,29)(H,28,32);(H,6,7)/t15-,16-,18?,19-;/m1./s1. The molecule has 1 saturated carbocycles. The molecule has 0 aromatic heterocycles. The largest absolute Gasteiger partial charge is 0.490 e. The molecule has 14 heteroatoms. The SMILES string of the molecule is COCC[C@H]([C@@H]1C[C@H]1C(=O)NC1CC(C)(C)Oc2c(F)cccc21)N1C(=N)NC(C)(C)CC1=O.O=C(O)C(F)(F)F. The van der Waals surface area contributed by atoms with E-state index in [2.05, 4.69) is 10.6 Å². The summed E-state index contributed by atoms with van der Waals surface area (Å²) in [5.41, 5.74) is -0.458. The van der Waals surface area contributed by atoms with Crippen LogP contribution >= 0.6 is 0 Å². The first-order valence-electron chi connectivity index (χ1n) is 13.1. The lowest BCUT2D eigenvalue weighted by Gasteiger charge is -2.42. The van der Waals surface area contributed by atoms with E-state index in [1.54, 1.807) is 19.2 Å². The number of hydrogen-bond acceptors (Lipinski definition) is 6. The van der Waals surface area contributed by atoms with Crippen molar-refractivity contribution < 1.29 is 46.5 Å². The Kier molecular flexibility index (Phi) is 9.26. The van der Waals surface area contributed by atoms with E-state index in [0.29, 0.717) is 31.4 Å². The van der Waals surface area contributed by atoms with E-state index in [0.717, 1.165) is 0 Å². The fraction of sp³-hybridized carbons (Fsp3) is 0.630. The van der Waals surface area contributed by atoms with Crippen molar-refractivity contribution in [2.75, 3.05) is 13.7 Å². The number of benzene rings is 1. The maximum absolute atomic E-state index is 14.4. The van der Waals surface area contributed by atoms with Crippen LogP contribution in [0.3, 0.4) is 0 Å². The third-order valence-corrected chi connectivity index (χ3v) is 7.19. The molecule has 4 N–H and O–H groups in total. The van der Waals surface area contributed by atoms with Crippen LogP contribution in [0.15, 0.2) is 18.2 Å². The summed E-state index contributed by atoms with van der Waals surface area (Å²) in [6.07, 6.45) is -3.11. The molecule has 1 unspecified atom stereocenters. The number of hydrogen-bond donors (Lipinski definition) is 4. The Labute approximate surface area is 235 Å². The average Bonchev–Trinajstić information content (AvgIpc) is 3.61. The predicted octanol–water partition coefficient (Wildman–Crippen LogP) is 3.75. The monoisotopic (exact) mass is 588 g/mol. The number of carboxylic acid groups (broad SMARTS) is 1. The van der Waals surface area contributed by atoms with E-state index in [1.807, 2.05) is 27.7 Å². The minimum absolute atomic E-state index is 0.0673. The third-order valence-electron chi connectivity index (χ3n) is 7.19. The highest BCUT2D eigenvalue weighted by Crippen LogP contribution is 2.47. The zero-order valence-corrected chi connectivity index (χ0v) is 23.5. The van der Waals surface area contributed by atoms with E-state index in [4.69, 9.17) is 24.8 Å². The summed E-state index contributed by atoms with van der Waals surface area (Å²) < 4.78 is 57.3. The van der Waals surface area contributed by atoms with Gasteiger partial charge in [-0.15, -0.1) is 0 Å². The fourth-order valence-electron chi connectivity index (χ4n) is 5.31. The van der Waals surface area contributed by atoms with E-state index >= 15 is 0 Å². The van der Waals surface area contributed by atoms with E-state index in [-0.39, 0.29) is 53.9 Å². The molecule has 0 spiro atoms. The molecule has 1 aliphatic carbocycles. The first kappa shape index (κ1) is 32.1. The number of rotatable bonds is 7. The van der Waals surface area contributed by atoms with Gasteiger partial charge in [0, 0.05) is 49.6 Å². The Hall–Kier alpha value is -3.42. The number of amides is 2. The molecule has 3 aliphatic rings. The smallest absolute Gasteiger partial charge is 0.484 e. The minimum atomic E-state index is -5.08. The van der Waals surface area contributed by atoms with Crippen molar-refractivity contribution in [2.45, 2.75) is 82.8 Å². The Morgan fingerprint density at radius 3 is 2.49 bits per heavy atom. The highest BCUT2D eigenvalue weighted by Gasteiger charge is 2.53. The van der Waals surface area contributed by atoms with Gasteiger partial charge in [-0.05, 0) is 52.5 Å². The number of methoxy groups -OCH3 is 1. The van der Waals surface area contributed by atoms with Gasteiger partial charge < -0.3 is 25.2 Å². The predicted molar refractivity (Wildman–Crippen MR) is 139 cm³/mol. The molecule has 4 rings (SSSR count). The molecule has 10 nitrogen and oxygen atoms in total. The fourth-order valence-corrected chi connectivity index (χ4v) is 5.31. The lowest BCUT2D eigenvalue weighted by Crippen LogP contribution is -2.63. The molecule has 1 aromatic carbocycles. The summed E-state index contributed by atoms with van der Waals surface area (Å²) in [4.78, 5) is 36.6. The van der Waals surface area contributed by atoms with Crippen molar-refractivity contribution >= 4 is 23.7 Å². The van der Waals surface area contributed by atoms with Crippen molar-refractivity contribution in [1.29, 1.82) is 5.41 Å². The molecule has 4 atom stereocenters. The number of carbonyl (C=O) groups excluding carboxylic acids is 2. The number of nitrogens with zero attached hydrogens (tertiary/aromatic N) is 1. The maximum Gasteiger partial charge on any atom is 0.490 e. The number of carboxylic acids is 1.